The minimum absolute atomic E-state index is 0.150. The van der Waals surface area contributed by atoms with Crippen molar-refractivity contribution in [3.8, 4) is 5.75 Å². The highest BCUT2D eigenvalue weighted by atomic mass is 79.9. The molecular weight excluding hydrogens is 315 g/mol. The van der Waals surface area contributed by atoms with E-state index in [0.717, 1.165) is 12.2 Å². The third kappa shape index (κ3) is 4.04. The average molecular weight is 329 g/mol. The molecule has 0 aliphatic heterocycles. The smallest absolute Gasteiger partial charge is 0.174 e. The zero-order valence-electron chi connectivity index (χ0n) is 10.5. The van der Waals surface area contributed by atoms with Gasteiger partial charge in [-0.2, -0.15) is 0 Å². The Hall–Kier alpha value is -1.40. The van der Waals surface area contributed by atoms with Crippen molar-refractivity contribution in [2.24, 2.45) is 0 Å². The van der Waals surface area contributed by atoms with Crippen LogP contribution >= 0.6 is 15.9 Å². The Morgan fingerprint density at radius 1 is 1.42 bits per heavy atom. The summed E-state index contributed by atoms with van der Waals surface area (Å²) in [5, 5.41) is 7.02. The number of hydrogen-bond donors (Lipinski definition) is 1. The van der Waals surface area contributed by atoms with Gasteiger partial charge >= 0.3 is 0 Å². The molecule has 6 heteroatoms. The minimum Gasteiger partial charge on any atom is -0.482 e. The Labute approximate surface area is 119 Å². The van der Waals surface area contributed by atoms with Crippen LogP contribution in [0.2, 0.25) is 0 Å². The Balaban J connectivity index is 1.92. The first-order valence-electron chi connectivity index (χ1n) is 5.92. The molecule has 0 unspecified atom stereocenters. The van der Waals surface area contributed by atoms with E-state index < -0.39 is 5.82 Å². The molecule has 102 valence electrons. The molecule has 0 saturated carbocycles. The van der Waals surface area contributed by atoms with Crippen LogP contribution in [0.5, 0.6) is 5.75 Å². The Kier molecular flexibility index (Phi) is 4.93. The first-order chi connectivity index (χ1) is 9.19. The molecular formula is C13H14BrFN2O2. The van der Waals surface area contributed by atoms with E-state index in [9.17, 15) is 4.39 Å². The predicted octanol–water partition coefficient (Wildman–Crippen LogP) is 3.26. The van der Waals surface area contributed by atoms with Crippen LogP contribution in [-0.4, -0.2) is 11.7 Å². The SMILES string of the molecule is CCNCc1cc(COc2ccc(Br)cc2F)on1. The lowest BCUT2D eigenvalue weighted by molar-refractivity contribution is 0.239. The molecule has 0 radical (unpaired) electrons. The number of halogens is 2. The number of aromatic nitrogens is 1. The monoisotopic (exact) mass is 328 g/mol. The molecule has 2 aromatic rings. The number of hydrogen-bond acceptors (Lipinski definition) is 4. The molecule has 1 aromatic heterocycles. The van der Waals surface area contributed by atoms with Gasteiger partial charge in [0.25, 0.3) is 0 Å². The van der Waals surface area contributed by atoms with Gasteiger partial charge in [-0.3, -0.25) is 0 Å². The van der Waals surface area contributed by atoms with Crippen LogP contribution in [-0.2, 0) is 13.2 Å². The van der Waals surface area contributed by atoms with Gasteiger partial charge in [-0.1, -0.05) is 28.0 Å². The second-order valence-electron chi connectivity index (χ2n) is 3.93. The van der Waals surface area contributed by atoms with Gasteiger partial charge in [-0.25, -0.2) is 4.39 Å². The van der Waals surface area contributed by atoms with Crippen LogP contribution in [0, 0.1) is 5.82 Å². The van der Waals surface area contributed by atoms with Gasteiger partial charge in [0.05, 0.1) is 5.69 Å². The number of rotatable bonds is 6. The summed E-state index contributed by atoms with van der Waals surface area (Å²) >= 11 is 3.19. The van der Waals surface area contributed by atoms with Gasteiger partial charge < -0.3 is 14.6 Å². The van der Waals surface area contributed by atoms with Crippen LogP contribution in [0.3, 0.4) is 0 Å². The number of nitrogens with zero attached hydrogens (tertiary/aromatic N) is 1. The van der Waals surface area contributed by atoms with E-state index in [1.54, 1.807) is 18.2 Å². The van der Waals surface area contributed by atoms with Crippen molar-refractivity contribution in [2.75, 3.05) is 6.54 Å². The number of ether oxygens (including phenoxy) is 1. The van der Waals surface area contributed by atoms with Gasteiger partial charge in [0.2, 0.25) is 0 Å². The molecule has 2 rings (SSSR count). The zero-order valence-corrected chi connectivity index (χ0v) is 12.0. The second-order valence-corrected chi connectivity index (χ2v) is 4.84. The molecule has 0 aliphatic rings. The van der Waals surface area contributed by atoms with E-state index in [2.05, 4.69) is 26.4 Å². The summed E-state index contributed by atoms with van der Waals surface area (Å²) < 4.78 is 24.6. The summed E-state index contributed by atoms with van der Waals surface area (Å²) in [6.07, 6.45) is 0. The molecule has 0 spiro atoms. The van der Waals surface area contributed by atoms with E-state index in [0.29, 0.717) is 16.8 Å². The first kappa shape index (κ1) is 14.0. The first-order valence-corrected chi connectivity index (χ1v) is 6.71. The summed E-state index contributed by atoms with van der Waals surface area (Å²) in [5.41, 5.74) is 0.803. The lowest BCUT2D eigenvalue weighted by atomic mass is 10.3. The minimum atomic E-state index is -0.415. The Morgan fingerprint density at radius 3 is 3.00 bits per heavy atom. The predicted molar refractivity (Wildman–Crippen MR) is 72.3 cm³/mol. The van der Waals surface area contributed by atoms with Crippen LogP contribution in [0.25, 0.3) is 0 Å². The second kappa shape index (κ2) is 6.68. The molecule has 0 aliphatic carbocycles. The van der Waals surface area contributed by atoms with Crippen molar-refractivity contribution in [3.63, 3.8) is 0 Å². The van der Waals surface area contributed by atoms with Crippen molar-refractivity contribution in [1.82, 2.24) is 10.5 Å². The highest BCUT2D eigenvalue weighted by molar-refractivity contribution is 9.10. The summed E-state index contributed by atoms with van der Waals surface area (Å²) in [6.45, 7) is 3.67. The maximum Gasteiger partial charge on any atom is 0.174 e. The van der Waals surface area contributed by atoms with E-state index in [1.807, 2.05) is 6.92 Å². The van der Waals surface area contributed by atoms with Crippen LogP contribution < -0.4 is 10.1 Å². The Morgan fingerprint density at radius 2 is 2.26 bits per heavy atom. The molecule has 0 bridgehead atoms. The fourth-order valence-electron chi connectivity index (χ4n) is 1.50. The van der Waals surface area contributed by atoms with Gasteiger partial charge in [0, 0.05) is 17.1 Å². The average Bonchev–Trinajstić information content (AvgIpc) is 2.83. The molecule has 1 N–H and O–H groups in total. The van der Waals surface area contributed by atoms with Crippen molar-refractivity contribution in [3.05, 3.63) is 46.0 Å². The van der Waals surface area contributed by atoms with Gasteiger partial charge in [-0.15, -0.1) is 0 Å². The molecule has 1 aromatic carbocycles. The number of benzene rings is 1. The van der Waals surface area contributed by atoms with Crippen LogP contribution in [0.1, 0.15) is 18.4 Å². The van der Waals surface area contributed by atoms with Gasteiger partial charge in [0.15, 0.2) is 17.3 Å². The molecule has 0 fully saturated rings. The highest BCUT2D eigenvalue weighted by Gasteiger charge is 2.07. The molecule has 0 amide bonds. The zero-order chi connectivity index (χ0) is 13.7. The van der Waals surface area contributed by atoms with Crippen molar-refractivity contribution < 1.29 is 13.7 Å². The van der Waals surface area contributed by atoms with Crippen LogP contribution in [0.15, 0.2) is 33.3 Å². The quantitative estimate of drug-likeness (QED) is 0.884. The van der Waals surface area contributed by atoms with E-state index >= 15 is 0 Å². The highest BCUT2D eigenvalue weighted by Crippen LogP contribution is 2.22. The molecule has 19 heavy (non-hydrogen) atoms. The third-order valence-electron chi connectivity index (χ3n) is 2.43. The molecule has 0 saturated heterocycles. The summed E-state index contributed by atoms with van der Waals surface area (Å²) in [4.78, 5) is 0. The van der Waals surface area contributed by atoms with Gasteiger partial charge in [0.1, 0.15) is 6.61 Å². The summed E-state index contributed by atoms with van der Waals surface area (Å²) in [5.74, 6) is 0.338. The largest absolute Gasteiger partial charge is 0.482 e. The maximum atomic E-state index is 13.5. The van der Waals surface area contributed by atoms with Crippen molar-refractivity contribution >= 4 is 15.9 Å². The lowest BCUT2D eigenvalue weighted by Gasteiger charge is -2.04. The van der Waals surface area contributed by atoms with E-state index in [1.165, 1.54) is 6.07 Å². The fourth-order valence-corrected chi connectivity index (χ4v) is 1.83. The summed E-state index contributed by atoms with van der Waals surface area (Å²) in [7, 11) is 0. The maximum absolute atomic E-state index is 13.5. The summed E-state index contributed by atoms with van der Waals surface area (Å²) in [6, 6.07) is 6.43. The van der Waals surface area contributed by atoms with E-state index in [4.69, 9.17) is 9.26 Å². The van der Waals surface area contributed by atoms with E-state index in [-0.39, 0.29) is 12.4 Å². The topological polar surface area (TPSA) is 47.3 Å². The Bertz CT molecular complexity index is 545. The fraction of sp³-hybridized carbons (Fsp3) is 0.308. The molecule has 0 atom stereocenters. The normalized spacial score (nSPS) is 10.7. The third-order valence-corrected chi connectivity index (χ3v) is 2.92. The number of nitrogens with one attached hydrogen (secondary N) is 1. The standard InChI is InChI=1S/C13H14BrFN2O2/c1-2-16-7-10-6-11(19-17-10)8-18-13-4-3-9(14)5-12(13)15/h3-6,16H,2,7-8H2,1H3. The van der Waals surface area contributed by atoms with Gasteiger partial charge in [-0.05, 0) is 24.7 Å². The molecule has 1 heterocycles. The van der Waals surface area contributed by atoms with Crippen molar-refractivity contribution in [2.45, 2.75) is 20.1 Å². The van der Waals surface area contributed by atoms with Crippen LogP contribution in [0.4, 0.5) is 4.39 Å². The molecule has 4 nitrogen and oxygen atoms in total. The van der Waals surface area contributed by atoms with Crippen molar-refractivity contribution in [1.29, 1.82) is 0 Å². The lowest BCUT2D eigenvalue weighted by Crippen LogP contribution is -2.11.